The zero-order chi connectivity index (χ0) is 14.8. The lowest BCUT2D eigenvalue weighted by Crippen LogP contribution is -2.05. The third-order valence-electron chi connectivity index (χ3n) is 2.79. The smallest absolute Gasteiger partial charge is 0.202 e. The first-order chi connectivity index (χ1) is 9.41. The number of ketones is 1. The maximum absolute atomic E-state index is 12.2. The Bertz CT molecular complexity index is 715. The summed E-state index contributed by atoms with van der Waals surface area (Å²) in [6.07, 6.45) is 0. The summed E-state index contributed by atoms with van der Waals surface area (Å²) in [5.41, 5.74) is 0.543. The number of carbonyl (C=O) groups is 1. The minimum absolute atomic E-state index is 0.0118. The van der Waals surface area contributed by atoms with Crippen molar-refractivity contribution in [2.45, 2.75) is 12.7 Å². The lowest BCUT2D eigenvalue weighted by atomic mass is 10.1. The van der Waals surface area contributed by atoms with Gasteiger partial charge in [-0.3, -0.25) is 4.79 Å². The molecule has 1 aromatic heterocycles. The molecular weight excluding hydrogens is 316 g/mol. The van der Waals surface area contributed by atoms with E-state index >= 15 is 0 Å². The van der Waals surface area contributed by atoms with Crippen molar-refractivity contribution >= 4 is 38.6 Å². The molecule has 0 spiro atoms. The lowest BCUT2D eigenvalue weighted by molar-refractivity contribution is 0.104. The van der Waals surface area contributed by atoms with Crippen molar-refractivity contribution in [3.8, 4) is 0 Å². The third kappa shape index (κ3) is 3.69. The molecule has 0 radical (unpaired) electrons. The summed E-state index contributed by atoms with van der Waals surface area (Å²) in [5.74, 6) is -0.0280. The van der Waals surface area contributed by atoms with Crippen LogP contribution in [0, 0.1) is 0 Å². The van der Waals surface area contributed by atoms with Gasteiger partial charge < -0.3 is 0 Å². The van der Waals surface area contributed by atoms with E-state index < -0.39 is 9.84 Å². The zero-order valence-electron chi connectivity index (χ0n) is 10.8. The standard InChI is InChI=1S/C14H13ClO3S2/c1-2-20(17,18)9-12-7-8-13(19-12)14(16)10-3-5-11(15)6-4-10/h3-8H,2,9H2,1H3. The van der Waals surface area contributed by atoms with Crippen LogP contribution in [0.4, 0.5) is 0 Å². The van der Waals surface area contributed by atoms with Crippen molar-refractivity contribution < 1.29 is 13.2 Å². The molecule has 0 atom stereocenters. The van der Waals surface area contributed by atoms with Gasteiger partial charge in [0.15, 0.2) is 9.84 Å². The molecule has 2 aromatic rings. The van der Waals surface area contributed by atoms with Crippen molar-refractivity contribution in [1.82, 2.24) is 0 Å². The molecular formula is C14H13ClO3S2. The maximum Gasteiger partial charge on any atom is 0.202 e. The van der Waals surface area contributed by atoms with Crippen LogP contribution in [-0.4, -0.2) is 20.0 Å². The minimum atomic E-state index is -3.07. The van der Waals surface area contributed by atoms with E-state index in [1.54, 1.807) is 43.3 Å². The molecule has 1 heterocycles. The van der Waals surface area contributed by atoms with E-state index in [4.69, 9.17) is 11.6 Å². The number of hydrogen-bond donors (Lipinski definition) is 0. The fourth-order valence-corrected chi connectivity index (χ4v) is 4.04. The predicted molar refractivity (Wildman–Crippen MR) is 82.4 cm³/mol. The average Bonchev–Trinajstić information content (AvgIpc) is 2.86. The SMILES string of the molecule is CCS(=O)(=O)Cc1ccc(C(=O)c2ccc(Cl)cc2)s1. The van der Waals surface area contributed by atoms with E-state index in [0.29, 0.717) is 20.3 Å². The number of rotatable bonds is 5. The highest BCUT2D eigenvalue weighted by Gasteiger charge is 2.15. The highest BCUT2D eigenvalue weighted by atomic mass is 35.5. The Morgan fingerprint density at radius 3 is 2.40 bits per heavy atom. The first-order valence-corrected chi connectivity index (χ1v) is 9.02. The molecule has 0 saturated carbocycles. The molecule has 0 aliphatic rings. The Hall–Kier alpha value is -1.17. The van der Waals surface area contributed by atoms with Crippen LogP contribution in [0.15, 0.2) is 36.4 Å². The monoisotopic (exact) mass is 328 g/mol. The van der Waals surface area contributed by atoms with Crippen LogP contribution in [-0.2, 0) is 15.6 Å². The van der Waals surface area contributed by atoms with Gasteiger partial charge in [0.1, 0.15) is 0 Å². The highest BCUT2D eigenvalue weighted by Crippen LogP contribution is 2.22. The normalized spacial score (nSPS) is 11.5. The molecule has 0 bridgehead atoms. The van der Waals surface area contributed by atoms with E-state index in [1.807, 2.05) is 0 Å². The number of carbonyl (C=O) groups excluding carboxylic acids is 1. The quantitative estimate of drug-likeness (QED) is 0.788. The number of hydrogen-bond acceptors (Lipinski definition) is 4. The first kappa shape index (κ1) is 15.2. The van der Waals surface area contributed by atoms with Crippen LogP contribution in [0.2, 0.25) is 5.02 Å². The van der Waals surface area contributed by atoms with E-state index in [2.05, 4.69) is 0 Å². The lowest BCUT2D eigenvalue weighted by Gasteiger charge is -1.99. The maximum atomic E-state index is 12.2. The molecule has 0 saturated heterocycles. The molecule has 20 heavy (non-hydrogen) atoms. The van der Waals surface area contributed by atoms with Crippen LogP contribution in [0.5, 0.6) is 0 Å². The molecule has 0 amide bonds. The summed E-state index contributed by atoms with van der Waals surface area (Å²) in [7, 11) is -3.07. The Balaban J connectivity index is 2.20. The number of sulfone groups is 1. The third-order valence-corrected chi connectivity index (χ3v) is 5.94. The van der Waals surface area contributed by atoms with E-state index in [-0.39, 0.29) is 17.3 Å². The molecule has 2 rings (SSSR count). The molecule has 1 aromatic carbocycles. The van der Waals surface area contributed by atoms with Gasteiger partial charge in [0.05, 0.1) is 10.6 Å². The van der Waals surface area contributed by atoms with Gasteiger partial charge in [-0.25, -0.2) is 8.42 Å². The summed E-state index contributed by atoms with van der Waals surface area (Å²) in [5, 5.41) is 0.572. The summed E-state index contributed by atoms with van der Waals surface area (Å²) >= 11 is 7.00. The van der Waals surface area contributed by atoms with Crippen molar-refractivity contribution in [3.63, 3.8) is 0 Å². The second-order valence-electron chi connectivity index (χ2n) is 4.28. The molecule has 0 aliphatic heterocycles. The Labute approximate surface area is 127 Å². The van der Waals surface area contributed by atoms with Gasteiger partial charge in [-0.15, -0.1) is 11.3 Å². The largest absolute Gasteiger partial charge is 0.288 e. The van der Waals surface area contributed by atoms with Crippen molar-refractivity contribution in [1.29, 1.82) is 0 Å². The van der Waals surface area contributed by atoms with Gasteiger partial charge >= 0.3 is 0 Å². The fraction of sp³-hybridized carbons (Fsp3) is 0.214. The van der Waals surface area contributed by atoms with E-state index in [9.17, 15) is 13.2 Å². The van der Waals surface area contributed by atoms with Crippen molar-refractivity contribution in [2.75, 3.05) is 5.75 Å². The van der Waals surface area contributed by atoms with Gasteiger partial charge in [-0.05, 0) is 36.4 Å². The molecule has 0 fully saturated rings. The van der Waals surface area contributed by atoms with Gasteiger partial charge in [-0.2, -0.15) is 0 Å². The Morgan fingerprint density at radius 1 is 1.15 bits per heavy atom. The molecule has 3 nitrogen and oxygen atoms in total. The first-order valence-electron chi connectivity index (χ1n) is 6.00. The molecule has 106 valence electrons. The van der Waals surface area contributed by atoms with Crippen LogP contribution in [0.3, 0.4) is 0 Å². The molecule has 0 N–H and O–H groups in total. The molecule has 6 heteroatoms. The van der Waals surface area contributed by atoms with E-state index in [1.165, 1.54) is 11.3 Å². The second kappa shape index (κ2) is 6.08. The van der Waals surface area contributed by atoms with E-state index in [0.717, 1.165) is 0 Å². The minimum Gasteiger partial charge on any atom is -0.288 e. The average molecular weight is 329 g/mol. The van der Waals surface area contributed by atoms with Gasteiger partial charge in [0.2, 0.25) is 5.78 Å². The summed E-state index contributed by atoms with van der Waals surface area (Å²) in [6.45, 7) is 1.61. The van der Waals surface area contributed by atoms with Crippen molar-refractivity contribution in [3.05, 3.63) is 56.7 Å². The number of halogens is 1. The Morgan fingerprint density at radius 2 is 1.80 bits per heavy atom. The van der Waals surface area contributed by atoms with Crippen LogP contribution < -0.4 is 0 Å². The van der Waals surface area contributed by atoms with Crippen LogP contribution in [0.1, 0.15) is 27.0 Å². The predicted octanol–water partition coefficient (Wildman–Crippen LogP) is 3.57. The summed E-state index contributed by atoms with van der Waals surface area (Å²) < 4.78 is 23.1. The number of benzene rings is 1. The number of thiophene rings is 1. The van der Waals surface area contributed by atoms with Crippen LogP contribution >= 0.6 is 22.9 Å². The van der Waals surface area contributed by atoms with Gasteiger partial charge in [0, 0.05) is 21.2 Å². The fourth-order valence-electron chi connectivity index (χ4n) is 1.64. The van der Waals surface area contributed by atoms with Crippen LogP contribution in [0.25, 0.3) is 0 Å². The van der Waals surface area contributed by atoms with Gasteiger partial charge in [-0.1, -0.05) is 18.5 Å². The second-order valence-corrected chi connectivity index (χ2v) is 8.24. The van der Waals surface area contributed by atoms with Crippen molar-refractivity contribution in [2.24, 2.45) is 0 Å². The molecule has 0 aliphatic carbocycles. The summed E-state index contributed by atoms with van der Waals surface area (Å²) in [6, 6.07) is 10.00. The zero-order valence-corrected chi connectivity index (χ0v) is 13.2. The Kier molecular flexibility index (Phi) is 4.62. The van der Waals surface area contributed by atoms with Gasteiger partial charge in [0.25, 0.3) is 0 Å². The summed E-state index contributed by atoms with van der Waals surface area (Å²) in [4.78, 5) is 13.4. The molecule has 0 unspecified atom stereocenters. The highest BCUT2D eigenvalue weighted by molar-refractivity contribution is 7.90. The topological polar surface area (TPSA) is 51.2 Å².